The number of hydrogen-bond donors (Lipinski definition) is 2. The number of benzene rings is 1. The molecule has 2 saturated heterocycles. The van der Waals surface area contributed by atoms with E-state index in [1.54, 1.807) is 0 Å². The molecule has 160 valence electrons. The summed E-state index contributed by atoms with van der Waals surface area (Å²) >= 11 is 18.0. The number of anilines is 1. The topological polar surface area (TPSA) is 108 Å². The van der Waals surface area contributed by atoms with E-state index in [1.165, 1.54) is 22.5 Å². The molecule has 1 aromatic rings. The fourth-order valence-corrected chi connectivity index (χ4v) is 4.83. The fraction of sp³-hybridized carbons (Fsp3) is 0.500. The van der Waals surface area contributed by atoms with Crippen molar-refractivity contribution in [1.29, 1.82) is 0 Å². The number of amides is 2. The van der Waals surface area contributed by atoms with E-state index < -0.39 is 32.6 Å². The maximum atomic E-state index is 12.8. The van der Waals surface area contributed by atoms with E-state index in [0.29, 0.717) is 13.2 Å². The number of carbonyl (C=O) groups is 2. The predicted molar refractivity (Wildman–Crippen MR) is 109 cm³/mol. The lowest BCUT2D eigenvalue weighted by molar-refractivity contribution is -0.139. The third-order valence-corrected chi connectivity index (χ3v) is 7.67. The van der Waals surface area contributed by atoms with Gasteiger partial charge < -0.3 is 10.1 Å². The second-order valence-corrected chi connectivity index (χ2v) is 9.79. The van der Waals surface area contributed by atoms with Crippen LogP contribution in [0.3, 0.4) is 0 Å². The lowest BCUT2D eigenvalue weighted by Gasteiger charge is -2.32. The van der Waals surface area contributed by atoms with E-state index in [1.807, 2.05) is 0 Å². The number of alkyl halides is 2. The summed E-state index contributed by atoms with van der Waals surface area (Å²) in [6, 6.07) is 4.05. The van der Waals surface area contributed by atoms with Crippen LogP contribution in [-0.4, -0.2) is 79.7 Å². The van der Waals surface area contributed by atoms with E-state index in [2.05, 4.69) is 10.7 Å². The zero-order chi connectivity index (χ0) is 21.2. The molecule has 1 aromatic carbocycles. The minimum Gasteiger partial charge on any atom is -0.379 e. The van der Waals surface area contributed by atoms with Gasteiger partial charge in [0.05, 0.1) is 34.2 Å². The molecule has 2 aliphatic heterocycles. The second kappa shape index (κ2) is 9.34. The molecule has 29 heavy (non-hydrogen) atoms. The number of nitrogens with zero attached hydrogens (tertiary/aromatic N) is 2. The molecule has 0 radical (unpaired) electrons. The molecule has 2 aliphatic rings. The molecular weight excluding hydrogens is 467 g/mol. The summed E-state index contributed by atoms with van der Waals surface area (Å²) in [7, 11) is -3.75. The molecular formula is C16H19Cl3N4O5S. The van der Waals surface area contributed by atoms with Gasteiger partial charge in [-0.15, -0.1) is 23.2 Å². The van der Waals surface area contributed by atoms with Crippen molar-refractivity contribution in [2.45, 2.75) is 15.6 Å². The van der Waals surface area contributed by atoms with Crippen molar-refractivity contribution in [1.82, 2.24) is 14.7 Å². The molecule has 3 rings (SSSR count). The lowest BCUT2D eigenvalue weighted by Crippen LogP contribution is -2.58. The number of hydrazine groups is 1. The fourth-order valence-electron chi connectivity index (χ4n) is 2.85. The molecule has 0 aliphatic carbocycles. The van der Waals surface area contributed by atoms with E-state index in [4.69, 9.17) is 39.5 Å². The van der Waals surface area contributed by atoms with E-state index in [9.17, 15) is 18.0 Å². The van der Waals surface area contributed by atoms with Crippen LogP contribution in [0.2, 0.25) is 5.02 Å². The molecule has 2 amide bonds. The highest BCUT2D eigenvalue weighted by molar-refractivity contribution is 7.89. The SMILES string of the molecule is O=C(CN1NCC(Cl)C(Cl)C1=O)Nc1cc(S(=O)(=O)N2CCOCC2)ccc1Cl. The van der Waals surface area contributed by atoms with Crippen LogP contribution in [0.1, 0.15) is 0 Å². The summed E-state index contributed by atoms with van der Waals surface area (Å²) in [5.74, 6) is -1.10. The van der Waals surface area contributed by atoms with Gasteiger partial charge in [-0.25, -0.2) is 13.8 Å². The van der Waals surface area contributed by atoms with Crippen molar-refractivity contribution in [2.24, 2.45) is 0 Å². The Kier molecular flexibility index (Phi) is 7.26. The largest absolute Gasteiger partial charge is 0.379 e. The Balaban J connectivity index is 1.71. The number of morpholine rings is 1. The normalized spacial score (nSPS) is 23.8. The monoisotopic (exact) mass is 484 g/mol. The van der Waals surface area contributed by atoms with Gasteiger partial charge in [0.25, 0.3) is 5.91 Å². The van der Waals surface area contributed by atoms with Gasteiger partial charge in [-0.2, -0.15) is 4.31 Å². The van der Waals surface area contributed by atoms with Crippen molar-refractivity contribution in [3.05, 3.63) is 23.2 Å². The molecule has 0 aromatic heterocycles. The van der Waals surface area contributed by atoms with Crippen molar-refractivity contribution < 1.29 is 22.7 Å². The van der Waals surface area contributed by atoms with Gasteiger partial charge in [0.2, 0.25) is 15.9 Å². The van der Waals surface area contributed by atoms with Gasteiger partial charge in [0.1, 0.15) is 11.9 Å². The smallest absolute Gasteiger partial charge is 0.256 e. The van der Waals surface area contributed by atoms with E-state index >= 15 is 0 Å². The molecule has 2 unspecified atom stereocenters. The Morgan fingerprint density at radius 1 is 1.28 bits per heavy atom. The predicted octanol–water partition coefficient (Wildman–Crippen LogP) is 0.861. The third-order valence-electron chi connectivity index (χ3n) is 4.42. The quantitative estimate of drug-likeness (QED) is 0.599. The average Bonchev–Trinajstić information content (AvgIpc) is 2.70. The number of sulfonamides is 1. The Morgan fingerprint density at radius 2 is 1.97 bits per heavy atom. The van der Waals surface area contributed by atoms with Crippen molar-refractivity contribution in [3.8, 4) is 0 Å². The molecule has 2 heterocycles. The summed E-state index contributed by atoms with van der Waals surface area (Å²) in [6.45, 7) is 1.01. The maximum absolute atomic E-state index is 12.8. The van der Waals surface area contributed by atoms with Crippen molar-refractivity contribution in [3.63, 3.8) is 0 Å². The zero-order valence-electron chi connectivity index (χ0n) is 15.1. The van der Waals surface area contributed by atoms with Gasteiger partial charge >= 0.3 is 0 Å². The number of rotatable bonds is 5. The first kappa shape index (κ1) is 22.5. The summed E-state index contributed by atoms with van der Waals surface area (Å²) in [5, 5.41) is 2.22. The molecule has 0 spiro atoms. The Labute approximate surface area is 183 Å². The number of carbonyl (C=O) groups excluding carboxylic acids is 2. The number of nitrogens with one attached hydrogen (secondary N) is 2. The number of halogens is 3. The highest BCUT2D eigenvalue weighted by Crippen LogP contribution is 2.27. The highest BCUT2D eigenvalue weighted by atomic mass is 35.5. The minimum atomic E-state index is -3.75. The van der Waals surface area contributed by atoms with E-state index in [0.717, 1.165) is 5.01 Å². The molecule has 2 atom stereocenters. The summed E-state index contributed by atoms with van der Waals surface area (Å²) in [5.41, 5.74) is 2.84. The van der Waals surface area contributed by atoms with Crippen molar-refractivity contribution in [2.75, 3.05) is 44.7 Å². The minimum absolute atomic E-state index is 0.00271. The van der Waals surface area contributed by atoms with Gasteiger partial charge in [-0.05, 0) is 18.2 Å². The van der Waals surface area contributed by atoms with Crippen LogP contribution in [0, 0.1) is 0 Å². The molecule has 0 bridgehead atoms. The standard InChI is InChI=1S/C16H19Cl3N4O5S/c17-11-2-1-10(29(26,27)22-3-5-28-6-4-22)7-13(11)21-14(24)9-23-16(25)15(19)12(18)8-20-23/h1-2,7,12,15,20H,3-6,8-9H2,(H,21,24). The molecule has 9 nitrogen and oxygen atoms in total. The van der Waals surface area contributed by atoms with Crippen LogP contribution in [0.5, 0.6) is 0 Å². The molecule has 0 saturated carbocycles. The first-order chi connectivity index (χ1) is 13.7. The van der Waals surface area contributed by atoms with Crippen molar-refractivity contribution >= 4 is 62.3 Å². The van der Waals surface area contributed by atoms with Gasteiger partial charge in [0, 0.05) is 19.6 Å². The zero-order valence-corrected chi connectivity index (χ0v) is 18.2. The first-order valence-electron chi connectivity index (χ1n) is 8.70. The second-order valence-electron chi connectivity index (χ2n) is 6.41. The first-order valence-corrected chi connectivity index (χ1v) is 11.4. The summed E-state index contributed by atoms with van der Waals surface area (Å²) < 4.78 is 32.1. The number of hydrogen-bond acceptors (Lipinski definition) is 6. The van der Waals surface area contributed by atoms with Gasteiger partial charge in [-0.3, -0.25) is 14.6 Å². The Hall–Kier alpha value is -1.14. The van der Waals surface area contributed by atoms with Gasteiger partial charge in [0.15, 0.2) is 0 Å². The van der Waals surface area contributed by atoms with Crippen LogP contribution in [0.4, 0.5) is 5.69 Å². The van der Waals surface area contributed by atoms with Crippen LogP contribution < -0.4 is 10.7 Å². The maximum Gasteiger partial charge on any atom is 0.256 e. The Bertz CT molecular complexity index is 895. The highest BCUT2D eigenvalue weighted by Gasteiger charge is 2.35. The average molecular weight is 486 g/mol. The van der Waals surface area contributed by atoms with E-state index in [-0.39, 0.29) is 41.8 Å². The molecule has 13 heteroatoms. The third kappa shape index (κ3) is 5.13. The van der Waals surface area contributed by atoms with Crippen LogP contribution in [0.15, 0.2) is 23.1 Å². The van der Waals surface area contributed by atoms with Gasteiger partial charge in [-0.1, -0.05) is 11.6 Å². The number of ether oxygens (including phenoxy) is 1. The Morgan fingerprint density at radius 3 is 2.66 bits per heavy atom. The van der Waals surface area contributed by atoms with Crippen LogP contribution in [-0.2, 0) is 24.3 Å². The summed E-state index contributed by atoms with van der Waals surface area (Å²) in [4.78, 5) is 24.5. The van der Waals surface area contributed by atoms with Crippen LogP contribution in [0.25, 0.3) is 0 Å². The molecule has 2 fully saturated rings. The summed E-state index contributed by atoms with van der Waals surface area (Å²) in [6.07, 6.45) is 0. The molecule has 2 N–H and O–H groups in total. The van der Waals surface area contributed by atoms with Crippen LogP contribution >= 0.6 is 34.8 Å². The lowest BCUT2D eigenvalue weighted by atomic mass is 10.2.